The molecule has 34 heavy (non-hydrogen) atoms. The van der Waals surface area contributed by atoms with Crippen molar-refractivity contribution in [3.63, 3.8) is 0 Å². The van der Waals surface area contributed by atoms with Crippen LogP contribution in [0.1, 0.15) is 32.6 Å². The summed E-state index contributed by atoms with van der Waals surface area (Å²) in [7, 11) is -4.89. The van der Waals surface area contributed by atoms with Crippen molar-refractivity contribution in [1.29, 1.82) is 0 Å². The van der Waals surface area contributed by atoms with Crippen molar-refractivity contribution in [2.45, 2.75) is 43.9 Å². The fraction of sp³-hybridized carbons (Fsp3) is 0.625. The summed E-state index contributed by atoms with van der Waals surface area (Å²) in [6.45, 7) is 1.55. The number of carboxylic acid groups (broad SMARTS) is 6. The predicted molar refractivity (Wildman–Crippen MR) is 139 cm³/mol. The number of carbonyl (C=O) groups is 6. The summed E-state index contributed by atoms with van der Waals surface area (Å²) in [4.78, 5) is 68.7. The topological polar surface area (TPSA) is 241 Å². The SMILES string of the molecule is CCCCP(=O)(C(C(=O)O)C(CC(=O)O)C(=O)O)C(C(=O)O)C(CC(=O)O)C(=O)O.[I][V]([I])[I]. The molecule has 0 aliphatic rings. The summed E-state index contributed by atoms with van der Waals surface area (Å²) in [5.41, 5.74) is -5.09. The van der Waals surface area contributed by atoms with Gasteiger partial charge in [-0.05, 0) is 6.42 Å². The Bertz CT molecular complexity index is 763. The fourth-order valence-corrected chi connectivity index (χ4v) is 7.37. The van der Waals surface area contributed by atoms with Gasteiger partial charge in [0.15, 0.2) is 0 Å². The average Bonchev–Trinajstić information content (AvgIpc) is 2.63. The molecule has 0 rings (SSSR count). The first-order valence-corrected chi connectivity index (χ1v) is 24.7. The molecular formula is C16H23I3O13PV. The first-order valence-electron chi connectivity index (χ1n) is 9.14. The Labute approximate surface area is 231 Å². The maximum absolute atomic E-state index is 13.8. The first kappa shape index (κ1) is 36.0. The summed E-state index contributed by atoms with van der Waals surface area (Å²) in [5, 5.41) is 55.7. The second-order valence-corrected chi connectivity index (χ2v) is 45.4. The molecule has 6 N–H and O–H groups in total. The van der Waals surface area contributed by atoms with Crippen molar-refractivity contribution < 1.29 is 68.9 Å². The van der Waals surface area contributed by atoms with Crippen LogP contribution in [-0.4, -0.2) is 83.9 Å². The van der Waals surface area contributed by atoms with Crippen LogP contribution >= 0.6 is 67.1 Å². The van der Waals surface area contributed by atoms with Gasteiger partial charge in [0.2, 0.25) is 0 Å². The van der Waals surface area contributed by atoms with E-state index < -0.39 is 85.1 Å². The van der Waals surface area contributed by atoms with Gasteiger partial charge in [0.1, 0.15) is 18.5 Å². The van der Waals surface area contributed by atoms with Gasteiger partial charge >= 0.3 is 101 Å². The van der Waals surface area contributed by atoms with Gasteiger partial charge in [-0.2, -0.15) is 0 Å². The monoisotopic (exact) mass is 886 g/mol. The standard InChI is InChI=1S/C16H23O13P.3HI.V/c1-2-3-4-30(29,11(15(25)26)7(13(21)22)5-9(17)18)12(16(27)28)8(14(23)24)6-10(19)20;;;;/h7-8,11-12H,2-6H2,1H3,(H,17,18)(H,19,20)(H,21,22)(H,23,24)(H,25,26)(H,27,28);3*1H;/q;;;;+3/p-3. The Morgan fingerprint density at radius 1 is 0.706 bits per heavy atom. The molecule has 0 spiro atoms. The van der Waals surface area contributed by atoms with E-state index in [0.717, 1.165) is 0 Å². The molecule has 0 aromatic rings. The second-order valence-electron chi connectivity index (χ2n) is 6.77. The van der Waals surface area contributed by atoms with Crippen LogP contribution in [0.5, 0.6) is 0 Å². The number of hydrogen-bond donors (Lipinski definition) is 6. The predicted octanol–water partition coefficient (Wildman–Crippen LogP) is 3.06. The molecule has 0 amide bonds. The third-order valence-corrected chi connectivity index (χ3v) is 8.55. The van der Waals surface area contributed by atoms with Crippen LogP contribution in [0.2, 0.25) is 0 Å². The van der Waals surface area contributed by atoms with Crippen molar-refractivity contribution in [3.05, 3.63) is 0 Å². The quantitative estimate of drug-likeness (QED) is 0.103. The average molecular weight is 886 g/mol. The number of carboxylic acids is 6. The van der Waals surface area contributed by atoms with Crippen molar-refractivity contribution >= 4 is 103 Å². The van der Waals surface area contributed by atoms with E-state index in [4.69, 9.17) is 10.2 Å². The fourth-order valence-electron chi connectivity index (χ4n) is 3.23. The molecule has 18 heteroatoms. The third-order valence-electron chi connectivity index (χ3n) is 4.49. The maximum atomic E-state index is 13.8. The van der Waals surface area contributed by atoms with Crippen molar-refractivity contribution in [1.82, 2.24) is 0 Å². The van der Waals surface area contributed by atoms with Crippen molar-refractivity contribution in [2.24, 2.45) is 11.8 Å². The van der Waals surface area contributed by atoms with E-state index in [9.17, 15) is 53.8 Å². The van der Waals surface area contributed by atoms with Gasteiger partial charge in [0.25, 0.3) is 0 Å². The second kappa shape index (κ2) is 17.3. The molecule has 0 radical (unpaired) electrons. The van der Waals surface area contributed by atoms with Gasteiger partial charge in [0.05, 0.1) is 24.7 Å². The number of aliphatic carboxylic acids is 6. The zero-order valence-electron chi connectivity index (χ0n) is 17.4. The van der Waals surface area contributed by atoms with Crippen LogP contribution in [0.15, 0.2) is 0 Å². The Balaban J connectivity index is 0. The summed E-state index contributed by atoms with van der Waals surface area (Å²) >= 11 is 7.39. The van der Waals surface area contributed by atoms with Crippen molar-refractivity contribution in [3.8, 4) is 0 Å². The Morgan fingerprint density at radius 3 is 1.18 bits per heavy atom. The molecule has 196 valence electrons. The molecule has 13 nitrogen and oxygen atoms in total. The normalized spacial score (nSPS) is 16.0. The summed E-state index contributed by atoms with van der Waals surface area (Å²) < 4.78 is 13.8. The molecular weight excluding hydrogens is 863 g/mol. The zero-order valence-corrected chi connectivity index (χ0v) is 26.2. The van der Waals surface area contributed by atoms with Crippen LogP contribution in [0.25, 0.3) is 0 Å². The number of halogens is 3. The molecule has 0 aliphatic heterocycles. The van der Waals surface area contributed by atoms with Gasteiger partial charge in [0, 0.05) is 6.16 Å². The molecule has 0 heterocycles. The molecule has 0 aromatic heterocycles. The van der Waals surface area contributed by atoms with E-state index >= 15 is 0 Å². The van der Waals surface area contributed by atoms with E-state index in [1.165, 1.54) is 0 Å². The molecule has 0 aromatic carbocycles. The molecule has 0 fully saturated rings. The van der Waals surface area contributed by atoms with Crippen LogP contribution in [0, 0.1) is 11.8 Å². The molecule has 0 saturated carbocycles. The van der Waals surface area contributed by atoms with Crippen LogP contribution in [0.4, 0.5) is 0 Å². The zero-order chi connectivity index (χ0) is 27.4. The van der Waals surface area contributed by atoms with E-state index in [2.05, 4.69) is 59.9 Å². The van der Waals surface area contributed by atoms with E-state index in [-0.39, 0.29) is 17.8 Å². The van der Waals surface area contributed by atoms with E-state index in [1.807, 2.05) is 0 Å². The molecule has 0 saturated heterocycles. The molecule has 4 unspecified atom stereocenters. The Kier molecular flexibility index (Phi) is 18.3. The summed E-state index contributed by atoms with van der Waals surface area (Å²) in [6.07, 6.45) is -3.21. The van der Waals surface area contributed by atoms with Crippen LogP contribution in [0.3, 0.4) is 0 Å². The van der Waals surface area contributed by atoms with Gasteiger partial charge in [-0.1, -0.05) is 13.3 Å². The Morgan fingerprint density at radius 2 is 1.00 bits per heavy atom. The van der Waals surface area contributed by atoms with Gasteiger partial charge in [-0.3, -0.25) is 28.8 Å². The van der Waals surface area contributed by atoms with Gasteiger partial charge in [-0.25, -0.2) is 0 Å². The van der Waals surface area contributed by atoms with Crippen LogP contribution in [-0.2, 0) is 38.3 Å². The Hall–Kier alpha value is -0.176. The molecule has 0 bridgehead atoms. The number of unbranched alkanes of at least 4 members (excludes halogenated alkanes) is 1. The van der Waals surface area contributed by atoms with Crippen molar-refractivity contribution in [2.75, 3.05) is 6.16 Å². The molecule has 0 aliphatic carbocycles. The number of hydrogen-bond acceptors (Lipinski definition) is 7. The van der Waals surface area contributed by atoms with Gasteiger partial charge < -0.3 is 35.2 Å². The minimum atomic E-state index is -4.89. The summed E-state index contributed by atoms with van der Waals surface area (Å²) in [5.74, 6) is -16.3. The third kappa shape index (κ3) is 12.7. The minimum absolute atomic E-state index is 0.0936. The number of rotatable bonds is 15. The van der Waals surface area contributed by atoms with Gasteiger partial charge in [-0.15, -0.1) is 0 Å². The van der Waals surface area contributed by atoms with Crippen LogP contribution < -0.4 is 0 Å². The first-order chi connectivity index (χ1) is 15.4. The molecule has 4 atom stereocenters. The van der Waals surface area contributed by atoms with E-state index in [0.29, 0.717) is 0 Å². The summed E-state index contributed by atoms with van der Waals surface area (Å²) in [6, 6.07) is 0. The van der Waals surface area contributed by atoms with E-state index in [1.54, 1.807) is 6.92 Å².